The van der Waals surface area contributed by atoms with Gasteiger partial charge in [0.05, 0.1) is 6.20 Å². The van der Waals surface area contributed by atoms with E-state index in [-0.39, 0.29) is 0 Å². The van der Waals surface area contributed by atoms with E-state index in [0.29, 0.717) is 0 Å². The van der Waals surface area contributed by atoms with E-state index in [4.69, 9.17) is 0 Å². The van der Waals surface area contributed by atoms with Crippen molar-refractivity contribution in [1.29, 1.82) is 0 Å². The van der Waals surface area contributed by atoms with Crippen LogP contribution in [0.4, 0.5) is 17.5 Å². The molecule has 1 aromatic heterocycles. The summed E-state index contributed by atoms with van der Waals surface area (Å²) >= 11 is 0. The zero-order valence-electron chi connectivity index (χ0n) is 11.7. The van der Waals surface area contributed by atoms with Gasteiger partial charge in [0.25, 0.3) is 0 Å². The predicted octanol–water partition coefficient (Wildman–Crippen LogP) is 2.91. The summed E-state index contributed by atoms with van der Waals surface area (Å²) in [5.41, 5.74) is 2.24. The zero-order valence-corrected chi connectivity index (χ0v) is 11.7. The molecule has 5 nitrogen and oxygen atoms in total. The third-order valence-electron chi connectivity index (χ3n) is 3.48. The minimum Gasteiger partial charge on any atom is -0.339 e. The molecule has 1 aliphatic heterocycles. The number of aryl methyl sites for hydroxylation is 1. The van der Waals surface area contributed by atoms with Gasteiger partial charge in [-0.1, -0.05) is 12.1 Å². The molecule has 2 heterocycles. The van der Waals surface area contributed by atoms with Crippen LogP contribution in [0.1, 0.15) is 24.8 Å². The predicted molar refractivity (Wildman–Crippen MR) is 80.4 cm³/mol. The standard InChI is InChI=1S/C15H19N5/c1-12-6-5-7-13(10-12)17-14-11-16-19-15(18-14)20-8-3-2-4-9-20/h5-7,10-11H,2-4,8-9H2,1H3,(H,17,18,19). The van der Waals surface area contributed by atoms with Crippen molar-refractivity contribution in [3.63, 3.8) is 0 Å². The second-order valence-electron chi connectivity index (χ2n) is 5.18. The third kappa shape index (κ3) is 3.04. The first-order chi connectivity index (χ1) is 9.81. The average Bonchev–Trinajstić information content (AvgIpc) is 2.48. The zero-order chi connectivity index (χ0) is 13.8. The molecule has 20 heavy (non-hydrogen) atoms. The van der Waals surface area contributed by atoms with Crippen LogP contribution in [0.2, 0.25) is 0 Å². The number of hydrogen-bond donors (Lipinski definition) is 1. The average molecular weight is 269 g/mol. The maximum absolute atomic E-state index is 4.56. The summed E-state index contributed by atoms with van der Waals surface area (Å²) in [7, 11) is 0. The van der Waals surface area contributed by atoms with Crippen molar-refractivity contribution in [3.8, 4) is 0 Å². The van der Waals surface area contributed by atoms with Crippen molar-refractivity contribution in [1.82, 2.24) is 15.2 Å². The van der Waals surface area contributed by atoms with Gasteiger partial charge in [-0.2, -0.15) is 10.1 Å². The lowest BCUT2D eigenvalue weighted by atomic mass is 10.1. The number of benzene rings is 1. The van der Waals surface area contributed by atoms with Crippen LogP contribution in [0, 0.1) is 6.92 Å². The number of rotatable bonds is 3. The Morgan fingerprint density at radius 3 is 2.80 bits per heavy atom. The first kappa shape index (κ1) is 12.8. The van der Waals surface area contributed by atoms with Crippen LogP contribution in [0.3, 0.4) is 0 Å². The Hall–Kier alpha value is -2.17. The molecule has 104 valence electrons. The Morgan fingerprint density at radius 2 is 2.00 bits per heavy atom. The van der Waals surface area contributed by atoms with Gasteiger partial charge in [-0.25, -0.2) is 0 Å². The summed E-state index contributed by atoms with van der Waals surface area (Å²) in [5.74, 6) is 1.47. The lowest BCUT2D eigenvalue weighted by Gasteiger charge is -2.26. The van der Waals surface area contributed by atoms with Gasteiger partial charge in [0.1, 0.15) is 0 Å². The molecule has 1 saturated heterocycles. The lowest BCUT2D eigenvalue weighted by molar-refractivity contribution is 0.565. The summed E-state index contributed by atoms with van der Waals surface area (Å²) in [6.07, 6.45) is 5.37. The quantitative estimate of drug-likeness (QED) is 0.928. The van der Waals surface area contributed by atoms with Gasteiger partial charge in [-0.15, -0.1) is 5.10 Å². The SMILES string of the molecule is Cc1cccc(Nc2cnnc(N3CCCCC3)n2)c1. The Balaban J connectivity index is 1.77. The maximum Gasteiger partial charge on any atom is 0.247 e. The number of piperidine rings is 1. The molecule has 1 aromatic carbocycles. The van der Waals surface area contributed by atoms with Gasteiger partial charge in [0.15, 0.2) is 5.82 Å². The van der Waals surface area contributed by atoms with E-state index in [1.54, 1.807) is 6.20 Å². The molecule has 0 spiro atoms. The van der Waals surface area contributed by atoms with Gasteiger partial charge in [0.2, 0.25) is 5.95 Å². The van der Waals surface area contributed by atoms with E-state index < -0.39 is 0 Å². The number of nitrogens with one attached hydrogen (secondary N) is 1. The van der Waals surface area contributed by atoms with E-state index in [1.807, 2.05) is 12.1 Å². The molecule has 3 rings (SSSR count). The first-order valence-electron chi connectivity index (χ1n) is 7.10. The van der Waals surface area contributed by atoms with Crippen LogP contribution >= 0.6 is 0 Å². The summed E-state index contributed by atoms with van der Waals surface area (Å²) in [6, 6.07) is 8.21. The van der Waals surface area contributed by atoms with Gasteiger partial charge >= 0.3 is 0 Å². The second kappa shape index (κ2) is 5.86. The largest absolute Gasteiger partial charge is 0.339 e. The van der Waals surface area contributed by atoms with Gasteiger partial charge in [0, 0.05) is 18.8 Å². The Labute approximate surface area is 119 Å². The molecular weight excluding hydrogens is 250 g/mol. The molecule has 0 amide bonds. The summed E-state index contributed by atoms with van der Waals surface area (Å²) < 4.78 is 0. The van der Waals surface area contributed by atoms with E-state index >= 15 is 0 Å². The summed E-state index contributed by atoms with van der Waals surface area (Å²) in [5, 5.41) is 11.5. The fourth-order valence-corrected chi connectivity index (χ4v) is 2.45. The Kier molecular flexibility index (Phi) is 3.76. The van der Waals surface area contributed by atoms with Crippen molar-refractivity contribution in [2.45, 2.75) is 26.2 Å². The maximum atomic E-state index is 4.56. The molecular formula is C15H19N5. The van der Waals surface area contributed by atoms with Crippen LogP contribution in [-0.4, -0.2) is 28.3 Å². The van der Waals surface area contributed by atoms with Crippen molar-refractivity contribution in [3.05, 3.63) is 36.0 Å². The highest BCUT2D eigenvalue weighted by Gasteiger charge is 2.14. The third-order valence-corrected chi connectivity index (χ3v) is 3.48. The van der Waals surface area contributed by atoms with Crippen molar-refractivity contribution in [2.75, 3.05) is 23.3 Å². The molecule has 0 radical (unpaired) electrons. The number of hydrogen-bond acceptors (Lipinski definition) is 5. The first-order valence-corrected chi connectivity index (χ1v) is 7.10. The van der Waals surface area contributed by atoms with E-state index in [1.165, 1.54) is 24.8 Å². The fourth-order valence-electron chi connectivity index (χ4n) is 2.45. The number of aromatic nitrogens is 3. The molecule has 0 unspecified atom stereocenters. The van der Waals surface area contributed by atoms with Crippen LogP contribution in [0.5, 0.6) is 0 Å². The number of nitrogens with zero attached hydrogens (tertiary/aromatic N) is 4. The van der Waals surface area contributed by atoms with Gasteiger partial charge in [-0.3, -0.25) is 0 Å². The number of anilines is 3. The highest BCUT2D eigenvalue weighted by molar-refractivity contribution is 5.57. The summed E-state index contributed by atoms with van der Waals surface area (Å²) in [4.78, 5) is 6.77. The van der Waals surface area contributed by atoms with Crippen LogP contribution in [-0.2, 0) is 0 Å². The summed E-state index contributed by atoms with van der Waals surface area (Å²) in [6.45, 7) is 4.12. The van der Waals surface area contributed by atoms with Crippen LogP contribution in [0.25, 0.3) is 0 Å². The van der Waals surface area contributed by atoms with E-state index in [9.17, 15) is 0 Å². The molecule has 2 aromatic rings. The van der Waals surface area contributed by atoms with E-state index in [0.717, 1.165) is 30.5 Å². The fraction of sp³-hybridized carbons (Fsp3) is 0.400. The molecule has 1 aliphatic rings. The second-order valence-corrected chi connectivity index (χ2v) is 5.18. The van der Waals surface area contributed by atoms with Crippen molar-refractivity contribution < 1.29 is 0 Å². The Bertz CT molecular complexity index is 578. The molecule has 1 N–H and O–H groups in total. The molecule has 0 atom stereocenters. The van der Waals surface area contributed by atoms with Crippen LogP contribution < -0.4 is 10.2 Å². The van der Waals surface area contributed by atoms with E-state index in [2.05, 4.69) is 44.5 Å². The highest BCUT2D eigenvalue weighted by atomic mass is 15.3. The minimum absolute atomic E-state index is 0.724. The molecule has 0 aliphatic carbocycles. The minimum atomic E-state index is 0.724. The molecule has 5 heteroatoms. The highest BCUT2D eigenvalue weighted by Crippen LogP contribution is 2.19. The molecule has 1 fully saturated rings. The molecule has 0 saturated carbocycles. The lowest BCUT2D eigenvalue weighted by Crippen LogP contribution is -2.31. The molecule has 0 bridgehead atoms. The smallest absolute Gasteiger partial charge is 0.247 e. The Morgan fingerprint density at radius 1 is 1.15 bits per heavy atom. The van der Waals surface area contributed by atoms with Gasteiger partial charge in [-0.05, 0) is 43.9 Å². The van der Waals surface area contributed by atoms with Crippen molar-refractivity contribution in [2.24, 2.45) is 0 Å². The normalized spacial score (nSPS) is 15.2. The van der Waals surface area contributed by atoms with Gasteiger partial charge < -0.3 is 10.2 Å². The topological polar surface area (TPSA) is 53.9 Å². The van der Waals surface area contributed by atoms with Crippen molar-refractivity contribution >= 4 is 17.5 Å². The van der Waals surface area contributed by atoms with Crippen LogP contribution in [0.15, 0.2) is 30.5 Å². The monoisotopic (exact) mass is 269 g/mol.